The van der Waals surface area contributed by atoms with Crippen molar-refractivity contribution in [1.29, 1.82) is 0 Å². The number of aliphatic hydroxyl groups is 1. The highest BCUT2D eigenvalue weighted by Crippen LogP contribution is 2.35. The van der Waals surface area contributed by atoms with Gasteiger partial charge in [-0.05, 0) is 43.0 Å². The number of pyridine rings is 1. The van der Waals surface area contributed by atoms with Crippen LogP contribution in [0.1, 0.15) is 46.5 Å². The van der Waals surface area contributed by atoms with Gasteiger partial charge in [0.1, 0.15) is 17.9 Å². The van der Waals surface area contributed by atoms with E-state index in [1.807, 2.05) is 39.0 Å². The number of rotatable bonds is 18. The summed E-state index contributed by atoms with van der Waals surface area (Å²) in [5, 5.41) is 12.9. The van der Waals surface area contributed by atoms with E-state index in [2.05, 4.69) is 15.2 Å². The van der Waals surface area contributed by atoms with Gasteiger partial charge in [-0.1, -0.05) is 32.9 Å². The largest absolute Gasteiger partial charge is 0.460 e. The fourth-order valence-corrected chi connectivity index (χ4v) is 5.65. The molecule has 1 aromatic carbocycles. The number of amides is 1. The Hall–Kier alpha value is -4.70. The Balaban J connectivity index is 1.18. The molecule has 2 N–H and O–H groups in total. The van der Waals surface area contributed by atoms with Gasteiger partial charge in [-0.3, -0.25) is 14.4 Å². The number of aliphatic hydroxyl groups excluding tert-OH is 1. The fourth-order valence-electron chi connectivity index (χ4n) is 5.65. The molecule has 4 heterocycles. The van der Waals surface area contributed by atoms with Crippen LogP contribution in [-0.2, 0) is 33.3 Å². The first-order valence-electron chi connectivity index (χ1n) is 17.6. The summed E-state index contributed by atoms with van der Waals surface area (Å²) in [6.45, 7) is 7.81. The number of morpholine rings is 1. The molecular weight excluding hydrogens is 674 g/mol. The topological polar surface area (TPSA) is 185 Å². The first kappa shape index (κ1) is 38.5. The number of methoxy groups -OCH3 is 1. The van der Waals surface area contributed by atoms with Crippen molar-refractivity contribution >= 4 is 45.9 Å². The summed E-state index contributed by atoms with van der Waals surface area (Å²) in [6.07, 6.45) is 1.37. The molecule has 1 saturated heterocycles. The number of nitrogens with one attached hydrogen (secondary N) is 1. The zero-order chi connectivity index (χ0) is 37.0. The Morgan fingerprint density at radius 2 is 1.88 bits per heavy atom. The third kappa shape index (κ3) is 10.00. The van der Waals surface area contributed by atoms with Gasteiger partial charge in [0.15, 0.2) is 23.5 Å². The lowest BCUT2D eigenvalue weighted by Gasteiger charge is -2.27. The first-order valence-corrected chi connectivity index (χ1v) is 17.6. The second kappa shape index (κ2) is 18.7. The molecule has 0 radical (unpaired) electrons. The van der Waals surface area contributed by atoms with Gasteiger partial charge in [0, 0.05) is 51.3 Å². The molecule has 0 saturated carbocycles. The maximum absolute atomic E-state index is 13.4. The third-order valence-corrected chi connectivity index (χ3v) is 8.75. The molecule has 1 aliphatic heterocycles. The Kier molecular flexibility index (Phi) is 13.8. The predicted octanol–water partition coefficient (Wildman–Crippen LogP) is 4.04. The fraction of sp³-hybridized carbons (Fsp3) is 0.514. The number of furan rings is 1. The number of carbonyl (C=O) groups is 3. The van der Waals surface area contributed by atoms with Crippen LogP contribution < -0.4 is 15.0 Å². The van der Waals surface area contributed by atoms with Gasteiger partial charge in [0.25, 0.3) is 0 Å². The second-order valence-electron chi connectivity index (χ2n) is 12.8. The summed E-state index contributed by atoms with van der Waals surface area (Å²) >= 11 is 0. The molecule has 3 atom stereocenters. The number of aromatic nitrogens is 3. The van der Waals surface area contributed by atoms with Crippen LogP contribution in [0.4, 0.5) is 5.82 Å². The summed E-state index contributed by atoms with van der Waals surface area (Å²) < 4.78 is 33.4. The molecule has 1 amide bonds. The van der Waals surface area contributed by atoms with E-state index >= 15 is 0 Å². The Morgan fingerprint density at radius 1 is 1.08 bits per heavy atom. The number of ether oxygens (including phenoxy) is 5. The molecule has 0 bridgehead atoms. The average molecular weight is 722 g/mol. The lowest BCUT2D eigenvalue weighted by Crippen LogP contribution is -2.37. The number of anilines is 1. The molecule has 15 heteroatoms. The van der Waals surface area contributed by atoms with Crippen molar-refractivity contribution in [1.82, 2.24) is 20.3 Å². The van der Waals surface area contributed by atoms with Crippen molar-refractivity contribution in [2.75, 3.05) is 58.1 Å². The van der Waals surface area contributed by atoms with Crippen molar-refractivity contribution in [3.05, 3.63) is 42.6 Å². The minimum Gasteiger partial charge on any atom is -0.460 e. The highest BCUT2D eigenvalue weighted by Gasteiger charge is 2.27. The number of hydrogen-bond donors (Lipinski definition) is 2. The van der Waals surface area contributed by atoms with Crippen molar-refractivity contribution in [2.45, 2.75) is 58.8 Å². The van der Waals surface area contributed by atoms with Gasteiger partial charge < -0.3 is 43.4 Å². The summed E-state index contributed by atoms with van der Waals surface area (Å²) in [5.41, 5.74) is 2.30. The Bertz CT molecular complexity index is 1800. The molecule has 2 unspecified atom stereocenters. The highest BCUT2D eigenvalue weighted by atomic mass is 16.7. The van der Waals surface area contributed by atoms with Gasteiger partial charge in [0.2, 0.25) is 11.6 Å². The Morgan fingerprint density at radius 3 is 2.62 bits per heavy atom. The summed E-state index contributed by atoms with van der Waals surface area (Å²) in [4.78, 5) is 54.4. The number of esters is 2. The van der Waals surface area contributed by atoms with E-state index in [-0.39, 0.29) is 50.8 Å². The highest BCUT2D eigenvalue weighted by molar-refractivity contribution is 6.05. The van der Waals surface area contributed by atoms with Crippen LogP contribution in [-0.4, -0.2) is 103 Å². The summed E-state index contributed by atoms with van der Waals surface area (Å²) in [7, 11) is 1.42. The van der Waals surface area contributed by atoms with E-state index in [0.717, 1.165) is 5.39 Å². The van der Waals surface area contributed by atoms with E-state index in [9.17, 15) is 19.5 Å². The molecule has 0 spiro atoms. The molecule has 3 aromatic heterocycles. The van der Waals surface area contributed by atoms with Crippen LogP contribution in [0.2, 0.25) is 0 Å². The summed E-state index contributed by atoms with van der Waals surface area (Å²) in [6, 6.07) is 10.8. The van der Waals surface area contributed by atoms with Gasteiger partial charge in [-0.25, -0.2) is 15.0 Å². The second-order valence-corrected chi connectivity index (χ2v) is 12.8. The number of benzene rings is 1. The third-order valence-electron chi connectivity index (χ3n) is 8.75. The molecule has 4 aromatic rings. The van der Waals surface area contributed by atoms with Gasteiger partial charge >= 0.3 is 11.9 Å². The van der Waals surface area contributed by atoms with Crippen LogP contribution >= 0.6 is 0 Å². The van der Waals surface area contributed by atoms with Crippen molar-refractivity contribution in [3.8, 4) is 17.1 Å². The standard InChI is InChI=1S/C37H47N5O10/c1-5-25(21-43)50-31(47-4)22-49-30(45)13-7-12-29(44)39-20-28(23(2)3)37(46)51-26-10-6-9-24(19-26)34-40-32-27-11-8-14-38-36(27)52-33(32)35(41-34)42-15-17-48-18-16-42/h6,8-11,14,19,23,25,28,31,43H,5,7,12-13,15-18,20-22H2,1-4H3,(H,39,44)/t25?,28-,31?/m0/s1. The van der Waals surface area contributed by atoms with E-state index < -0.39 is 30.3 Å². The molecule has 280 valence electrons. The zero-order valence-corrected chi connectivity index (χ0v) is 30.0. The van der Waals surface area contributed by atoms with Crippen molar-refractivity contribution in [2.24, 2.45) is 11.8 Å². The SMILES string of the molecule is CCC(CO)OC(COC(=O)CCCC(=O)NC[C@H](C(=O)Oc1cccc(-c2nc(N3CCOCC3)c3oc4ncccc4c3n2)c1)C(C)C)OC. The van der Waals surface area contributed by atoms with Crippen LogP contribution in [0.15, 0.2) is 47.0 Å². The lowest BCUT2D eigenvalue weighted by atomic mass is 9.96. The molecule has 1 aliphatic rings. The first-order chi connectivity index (χ1) is 25.2. The van der Waals surface area contributed by atoms with Crippen LogP contribution in [0, 0.1) is 11.8 Å². The minimum absolute atomic E-state index is 0.0192. The van der Waals surface area contributed by atoms with E-state index in [1.165, 1.54) is 7.11 Å². The van der Waals surface area contributed by atoms with Crippen LogP contribution in [0.5, 0.6) is 5.75 Å². The maximum Gasteiger partial charge on any atom is 0.316 e. The molecular formula is C37H47N5O10. The van der Waals surface area contributed by atoms with E-state index in [0.29, 0.717) is 72.5 Å². The molecule has 15 nitrogen and oxygen atoms in total. The van der Waals surface area contributed by atoms with Crippen molar-refractivity contribution < 1.29 is 47.6 Å². The average Bonchev–Trinajstić information content (AvgIpc) is 3.53. The quantitative estimate of drug-likeness (QED) is 0.0852. The minimum atomic E-state index is -0.800. The lowest BCUT2D eigenvalue weighted by molar-refractivity contribution is -0.194. The van der Waals surface area contributed by atoms with E-state index in [1.54, 1.807) is 24.4 Å². The number of hydrogen-bond acceptors (Lipinski definition) is 14. The van der Waals surface area contributed by atoms with Crippen molar-refractivity contribution in [3.63, 3.8) is 0 Å². The van der Waals surface area contributed by atoms with Gasteiger partial charge in [-0.15, -0.1) is 0 Å². The summed E-state index contributed by atoms with van der Waals surface area (Å²) in [5.74, 6) is -0.654. The smallest absolute Gasteiger partial charge is 0.316 e. The molecule has 52 heavy (non-hydrogen) atoms. The number of fused-ring (bicyclic) bond motifs is 3. The predicted molar refractivity (Wildman–Crippen MR) is 190 cm³/mol. The molecule has 5 rings (SSSR count). The monoisotopic (exact) mass is 721 g/mol. The number of nitrogens with zero attached hydrogens (tertiary/aromatic N) is 4. The molecule has 1 fully saturated rings. The molecule has 0 aliphatic carbocycles. The van der Waals surface area contributed by atoms with E-state index in [4.69, 9.17) is 38.1 Å². The maximum atomic E-state index is 13.4. The zero-order valence-electron chi connectivity index (χ0n) is 30.0. The van der Waals surface area contributed by atoms with Crippen LogP contribution in [0.25, 0.3) is 33.6 Å². The number of carbonyl (C=O) groups excluding carboxylic acids is 3. The Labute approximate surface area is 301 Å². The van der Waals surface area contributed by atoms with Gasteiger partial charge in [-0.2, -0.15) is 0 Å². The van der Waals surface area contributed by atoms with Crippen LogP contribution in [0.3, 0.4) is 0 Å². The van der Waals surface area contributed by atoms with Gasteiger partial charge in [0.05, 0.1) is 37.2 Å². The normalized spacial score (nSPS) is 15.1.